The molecule has 68 valence electrons. The number of H-pyrrole nitrogens is 1. The van der Waals surface area contributed by atoms with Crippen LogP contribution in [0, 0.1) is 0 Å². The third kappa shape index (κ3) is 1.85. The van der Waals surface area contributed by atoms with E-state index >= 15 is 0 Å². The third-order valence-corrected chi connectivity index (χ3v) is 1.84. The maximum absolute atomic E-state index is 4.04. The van der Waals surface area contributed by atoms with E-state index in [-0.39, 0.29) is 5.41 Å². The molecule has 0 saturated carbocycles. The molecule has 12 heavy (non-hydrogen) atoms. The Kier molecular flexibility index (Phi) is 2.52. The van der Waals surface area contributed by atoms with Gasteiger partial charge in [0, 0.05) is 23.2 Å². The van der Waals surface area contributed by atoms with E-state index in [0.29, 0.717) is 0 Å². The molecule has 1 rings (SSSR count). The van der Waals surface area contributed by atoms with E-state index in [1.165, 1.54) is 11.3 Å². The van der Waals surface area contributed by atoms with Crippen LogP contribution in [0.3, 0.4) is 0 Å². The zero-order chi connectivity index (χ0) is 9.19. The second-order valence-electron chi connectivity index (χ2n) is 4.05. The molecular weight excluding hydrogens is 150 g/mol. The molecule has 0 atom stereocenters. The Balaban J connectivity index is 2.91. The maximum Gasteiger partial charge on any atom is 0.0535 e. The lowest BCUT2D eigenvalue weighted by atomic mass is 9.89. The number of nitrogens with one attached hydrogen (secondary N) is 2. The lowest BCUT2D eigenvalue weighted by molar-refractivity contribution is 0.557. The van der Waals surface area contributed by atoms with E-state index in [4.69, 9.17) is 0 Å². The average Bonchev–Trinajstić information content (AvgIpc) is 2.34. The summed E-state index contributed by atoms with van der Waals surface area (Å²) in [7, 11) is 1.94. The van der Waals surface area contributed by atoms with Crippen LogP contribution in [0.4, 0.5) is 0 Å². The van der Waals surface area contributed by atoms with Gasteiger partial charge >= 0.3 is 0 Å². The Hall–Kier alpha value is -0.830. The van der Waals surface area contributed by atoms with Crippen molar-refractivity contribution < 1.29 is 0 Å². The Morgan fingerprint density at radius 3 is 2.67 bits per heavy atom. The number of nitrogens with zero attached hydrogens (tertiary/aromatic N) is 1. The van der Waals surface area contributed by atoms with Gasteiger partial charge in [-0.15, -0.1) is 0 Å². The van der Waals surface area contributed by atoms with Crippen molar-refractivity contribution in [3.63, 3.8) is 0 Å². The molecule has 0 amide bonds. The first-order valence-electron chi connectivity index (χ1n) is 4.23. The molecule has 1 aromatic rings. The molecule has 0 aliphatic rings. The van der Waals surface area contributed by atoms with Crippen molar-refractivity contribution in [3.05, 3.63) is 17.5 Å². The van der Waals surface area contributed by atoms with Crippen molar-refractivity contribution in [2.45, 2.75) is 32.7 Å². The summed E-state index contributed by atoms with van der Waals surface area (Å²) in [5, 5.41) is 10.2. The monoisotopic (exact) mass is 167 g/mol. The van der Waals surface area contributed by atoms with Gasteiger partial charge in [-0.2, -0.15) is 5.10 Å². The number of aromatic amines is 1. The summed E-state index contributed by atoms with van der Waals surface area (Å²) in [6.45, 7) is 7.42. The fourth-order valence-corrected chi connectivity index (χ4v) is 1.28. The van der Waals surface area contributed by atoms with Gasteiger partial charge in [-0.3, -0.25) is 5.10 Å². The summed E-state index contributed by atoms with van der Waals surface area (Å²) in [6, 6.07) is 0. The van der Waals surface area contributed by atoms with Gasteiger partial charge in [-0.1, -0.05) is 20.8 Å². The Morgan fingerprint density at radius 2 is 2.17 bits per heavy atom. The van der Waals surface area contributed by atoms with Gasteiger partial charge in [0.2, 0.25) is 0 Å². The van der Waals surface area contributed by atoms with Crippen molar-refractivity contribution >= 4 is 0 Å². The molecule has 3 nitrogen and oxygen atoms in total. The summed E-state index contributed by atoms with van der Waals surface area (Å²) in [4.78, 5) is 0. The van der Waals surface area contributed by atoms with Crippen LogP contribution in [0.25, 0.3) is 0 Å². The Morgan fingerprint density at radius 1 is 1.50 bits per heavy atom. The first kappa shape index (κ1) is 9.26. The van der Waals surface area contributed by atoms with E-state index in [0.717, 1.165) is 6.54 Å². The van der Waals surface area contributed by atoms with E-state index in [1.807, 2.05) is 13.2 Å². The van der Waals surface area contributed by atoms with Gasteiger partial charge in [0.05, 0.1) is 6.20 Å². The molecule has 0 saturated heterocycles. The van der Waals surface area contributed by atoms with Gasteiger partial charge in [-0.05, 0) is 7.05 Å². The first-order valence-corrected chi connectivity index (χ1v) is 4.23. The molecular formula is C9H17N3. The van der Waals surface area contributed by atoms with Crippen LogP contribution < -0.4 is 5.32 Å². The molecule has 0 bridgehead atoms. The van der Waals surface area contributed by atoms with Crippen LogP contribution in [-0.4, -0.2) is 17.2 Å². The van der Waals surface area contributed by atoms with E-state index in [2.05, 4.69) is 36.3 Å². The van der Waals surface area contributed by atoms with Crippen molar-refractivity contribution in [1.29, 1.82) is 0 Å². The second-order valence-corrected chi connectivity index (χ2v) is 4.05. The SMILES string of the molecule is CNCc1cn[nH]c1C(C)(C)C. The van der Waals surface area contributed by atoms with Crippen molar-refractivity contribution in [2.75, 3.05) is 7.05 Å². The fourth-order valence-electron chi connectivity index (χ4n) is 1.28. The molecule has 2 N–H and O–H groups in total. The Bertz CT molecular complexity index is 245. The average molecular weight is 167 g/mol. The van der Waals surface area contributed by atoms with Crippen LogP contribution in [0.2, 0.25) is 0 Å². The van der Waals surface area contributed by atoms with E-state index in [9.17, 15) is 0 Å². The lowest BCUT2D eigenvalue weighted by Gasteiger charge is -2.18. The van der Waals surface area contributed by atoms with Crippen molar-refractivity contribution in [1.82, 2.24) is 15.5 Å². The highest BCUT2D eigenvalue weighted by Crippen LogP contribution is 2.22. The zero-order valence-corrected chi connectivity index (χ0v) is 8.23. The summed E-state index contributed by atoms with van der Waals surface area (Å²) >= 11 is 0. The minimum atomic E-state index is 0.155. The molecule has 1 aromatic heterocycles. The zero-order valence-electron chi connectivity index (χ0n) is 8.23. The molecule has 0 unspecified atom stereocenters. The maximum atomic E-state index is 4.04. The van der Waals surface area contributed by atoms with Gasteiger partial charge in [-0.25, -0.2) is 0 Å². The highest BCUT2D eigenvalue weighted by Gasteiger charge is 2.19. The van der Waals surface area contributed by atoms with Gasteiger partial charge in [0.25, 0.3) is 0 Å². The number of aromatic nitrogens is 2. The second kappa shape index (κ2) is 3.27. The van der Waals surface area contributed by atoms with Crippen LogP contribution in [0.15, 0.2) is 6.20 Å². The summed E-state index contributed by atoms with van der Waals surface area (Å²) in [6.07, 6.45) is 1.89. The molecule has 0 radical (unpaired) electrons. The van der Waals surface area contributed by atoms with Gasteiger partial charge in [0.15, 0.2) is 0 Å². The number of hydrogen-bond acceptors (Lipinski definition) is 2. The van der Waals surface area contributed by atoms with Crippen LogP contribution in [0.5, 0.6) is 0 Å². The predicted molar refractivity (Wildman–Crippen MR) is 50.1 cm³/mol. The van der Waals surface area contributed by atoms with Crippen molar-refractivity contribution in [3.8, 4) is 0 Å². The molecule has 0 aromatic carbocycles. The Labute approximate surface area is 73.6 Å². The molecule has 1 heterocycles. The normalized spacial score (nSPS) is 12.0. The summed E-state index contributed by atoms with van der Waals surface area (Å²) in [5.41, 5.74) is 2.63. The minimum absolute atomic E-state index is 0.155. The summed E-state index contributed by atoms with van der Waals surface area (Å²) in [5.74, 6) is 0. The molecule has 0 spiro atoms. The molecule has 3 heteroatoms. The van der Waals surface area contributed by atoms with E-state index < -0.39 is 0 Å². The summed E-state index contributed by atoms with van der Waals surface area (Å²) < 4.78 is 0. The highest BCUT2D eigenvalue weighted by atomic mass is 15.1. The topological polar surface area (TPSA) is 40.7 Å². The van der Waals surface area contributed by atoms with Gasteiger partial charge in [0.1, 0.15) is 0 Å². The number of rotatable bonds is 2. The fraction of sp³-hybridized carbons (Fsp3) is 0.667. The predicted octanol–water partition coefficient (Wildman–Crippen LogP) is 1.43. The molecule has 0 aliphatic carbocycles. The van der Waals surface area contributed by atoms with Gasteiger partial charge < -0.3 is 5.32 Å². The van der Waals surface area contributed by atoms with Crippen LogP contribution in [-0.2, 0) is 12.0 Å². The minimum Gasteiger partial charge on any atom is -0.316 e. The van der Waals surface area contributed by atoms with Crippen LogP contribution >= 0.6 is 0 Å². The molecule has 0 aliphatic heterocycles. The largest absolute Gasteiger partial charge is 0.316 e. The number of hydrogen-bond donors (Lipinski definition) is 2. The first-order chi connectivity index (χ1) is 5.55. The van der Waals surface area contributed by atoms with E-state index in [1.54, 1.807) is 0 Å². The van der Waals surface area contributed by atoms with Crippen LogP contribution in [0.1, 0.15) is 32.0 Å². The van der Waals surface area contributed by atoms with Crippen molar-refractivity contribution in [2.24, 2.45) is 0 Å². The standard InChI is InChI=1S/C9H17N3/c1-9(2,3)8-7(5-10-4)6-11-12-8/h6,10H,5H2,1-4H3,(H,11,12). The smallest absolute Gasteiger partial charge is 0.0535 e. The third-order valence-electron chi connectivity index (χ3n) is 1.84. The lowest BCUT2D eigenvalue weighted by Crippen LogP contribution is -2.16. The highest BCUT2D eigenvalue weighted by molar-refractivity contribution is 5.22. The molecule has 0 fully saturated rings. The quantitative estimate of drug-likeness (QED) is 0.699.